The Kier molecular flexibility index (Phi) is 3.60. The van der Waals surface area contributed by atoms with Gasteiger partial charge in [0.15, 0.2) is 0 Å². The molecule has 1 aliphatic rings. The molecule has 0 atom stereocenters. The van der Waals surface area contributed by atoms with Crippen LogP contribution in [0.25, 0.3) is 0 Å². The smallest absolute Gasteiger partial charge is 0.335 e. The van der Waals surface area contributed by atoms with Gasteiger partial charge in [-0.05, 0) is 37.0 Å². The maximum Gasteiger partial charge on any atom is 0.335 e. The molecule has 0 heterocycles. The molecule has 0 saturated heterocycles. The summed E-state index contributed by atoms with van der Waals surface area (Å²) in [6.07, 6.45) is 3.58. The summed E-state index contributed by atoms with van der Waals surface area (Å²) in [5, 5.41) is 11.2. The van der Waals surface area contributed by atoms with Crippen LogP contribution < -0.4 is 5.32 Å². The third-order valence-corrected chi connectivity index (χ3v) is 3.19. The van der Waals surface area contributed by atoms with Crippen LogP contribution in [0.1, 0.15) is 36.0 Å². The van der Waals surface area contributed by atoms with E-state index >= 15 is 0 Å². The lowest BCUT2D eigenvalue weighted by Gasteiger charge is -2.24. The average Bonchev–Trinajstić information content (AvgIpc) is 2.26. The molecule has 1 saturated carbocycles. The number of carbonyl (C=O) groups is 2. The normalized spacial score (nSPS) is 14.9. The number of halogens is 1. The van der Waals surface area contributed by atoms with Crippen molar-refractivity contribution in [2.45, 2.75) is 25.7 Å². The molecule has 0 aromatic heterocycles. The number of carbonyl (C=O) groups excluding carboxylic acids is 1. The molecule has 0 unspecified atom stereocenters. The highest BCUT2D eigenvalue weighted by Gasteiger charge is 2.21. The van der Waals surface area contributed by atoms with Crippen molar-refractivity contribution in [3.8, 4) is 0 Å². The van der Waals surface area contributed by atoms with E-state index in [4.69, 9.17) is 5.11 Å². The molecule has 0 radical (unpaired) electrons. The molecule has 4 nitrogen and oxygen atoms in total. The fraction of sp³-hybridized carbons (Fsp3) is 0.385. The van der Waals surface area contributed by atoms with Gasteiger partial charge < -0.3 is 10.4 Å². The van der Waals surface area contributed by atoms with Gasteiger partial charge in [-0.25, -0.2) is 9.18 Å². The molecule has 1 fully saturated rings. The second-order valence-corrected chi connectivity index (χ2v) is 4.55. The lowest BCUT2D eigenvalue weighted by Crippen LogP contribution is -2.21. The maximum absolute atomic E-state index is 13.4. The van der Waals surface area contributed by atoms with Crippen LogP contribution in [0.2, 0.25) is 0 Å². The maximum atomic E-state index is 13.4. The van der Waals surface area contributed by atoms with Gasteiger partial charge in [0.05, 0.1) is 11.3 Å². The van der Waals surface area contributed by atoms with Crippen molar-refractivity contribution < 1.29 is 19.1 Å². The number of hydrogen-bond donors (Lipinski definition) is 2. The van der Waals surface area contributed by atoms with Gasteiger partial charge in [-0.3, -0.25) is 4.79 Å². The Morgan fingerprint density at radius 3 is 2.67 bits per heavy atom. The zero-order chi connectivity index (χ0) is 13.1. The summed E-state index contributed by atoms with van der Waals surface area (Å²) >= 11 is 0. The van der Waals surface area contributed by atoms with Crippen LogP contribution in [0, 0.1) is 11.7 Å². The van der Waals surface area contributed by atoms with Crippen molar-refractivity contribution in [3.63, 3.8) is 0 Å². The summed E-state index contributed by atoms with van der Waals surface area (Å²) in [5.41, 5.74) is -0.116. The molecule has 96 valence electrons. The topological polar surface area (TPSA) is 66.4 Å². The lowest BCUT2D eigenvalue weighted by molar-refractivity contribution is -0.117. The number of rotatable bonds is 4. The fourth-order valence-corrected chi connectivity index (χ4v) is 1.91. The SMILES string of the molecule is O=C(CC1CCC1)Nc1cc(C(=O)O)ccc1F. The Morgan fingerprint density at radius 1 is 1.39 bits per heavy atom. The van der Waals surface area contributed by atoms with Gasteiger partial charge in [0.1, 0.15) is 5.82 Å². The van der Waals surface area contributed by atoms with E-state index in [9.17, 15) is 14.0 Å². The van der Waals surface area contributed by atoms with Gasteiger partial charge in [0.25, 0.3) is 0 Å². The molecule has 0 spiro atoms. The van der Waals surface area contributed by atoms with Crippen LogP contribution in [0.3, 0.4) is 0 Å². The first-order valence-corrected chi connectivity index (χ1v) is 5.89. The summed E-state index contributed by atoms with van der Waals surface area (Å²) in [4.78, 5) is 22.4. The molecule has 2 N–H and O–H groups in total. The van der Waals surface area contributed by atoms with Gasteiger partial charge in [-0.2, -0.15) is 0 Å². The number of carboxylic acid groups (broad SMARTS) is 1. The van der Waals surface area contributed by atoms with Crippen LogP contribution in [0.4, 0.5) is 10.1 Å². The number of amides is 1. The number of anilines is 1. The number of hydrogen-bond acceptors (Lipinski definition) is 2. The Morgan fingerprint density at radius 2 is 2.11 bits per heavy atom. The van der Waals surface area contributed by atoms with Crippen molar-refractivity contribution in [3.05, 3.63) is 29.6 Å². The van der Waals surface area contributed by atoms with E-state index in [1.54, 1.807) is 0 Å². The first-order valence-electron chi connectivity index (χ1n) is 5.89. The Labute approximate surface area is 104 Å². The van der Waals surface area contributed by atoms with E-state index in [0.717, 1.165) is 31.4 Å². The number of carboxylic acids is 1. The summed E-state index contributed by atoms with van der Waals surface area (Å²) in [6, 6.07) is 3.35. The highest BCUT2D eigenvalue weighted by molar-refractivity contribution is 5.94. The minimum absolute atomic E-state index is 0.0460. The quantitative estimate of drug-likeness (QED) is 0.864. The van der Waals surface area contributed by atoms with Gasteiger partial charge in [-0.1, -0.05) is 6.42 Å². The largest absolute Gasteiger partial charge is 0.478 e. The van der Waals surface area contributed by atoms with Crippen molar-refractivity contribution in [1.29, 1.82) is 0 Å². The van der Waals surface area contributed by atoms with Crippen LogP contribution in [-0.2, 0) is 4.79 Å². The average molecular weight is 251 g/mol. The highest BCUT2D eigenvalue weighted by Crippen LogP contribution is 2.29. The van der Waals surface area contributed by atoms with E-state index in [1.165, 1.54) is 6.07 Å². The molecule has 2 rings (SSSR count). The molecule has 0 bridgehead atoms. The van der Waals surface area contributed by atoms with Crippen LogP contribution >= 0.6 is 0 Å². The summed E-state index contributed by atoms with van der Waals surface area (Å²) < 4.78 is 13.4. The first-order chi connectivity index (χ1) is 8.56. The van der Waals surface area contributed by atoms with Gasteiger partial charge in [-0.15, -0.1) is 0 Å². The van der Waals surface area contributed by atoms with E-state index in [1.807, 2.05) is 0 Å². The zero-order valence-corrected chi connectivity index (χ0v) is 9.78. The fourth-order valence-electron chi connectivity index (χ4n) is 1.91. The first kappa shape index (κ1) is 12.5. The second kappa shape index (κ2) is 5.16. The minimum Gasteiger partial charge on any atom is -0.478 e. The minimum atomic E-state index is -1.15. The Hall–Kier alpha value is -1.91. The van der Waals surface area contributed by atoms with Gasteiger partial charge in [0, 0.05) is 6.42 Å². The molecular weight excluding hydrogens is 237 g/mol. The predicted molar refractivity (Wildman–Crippen MR) is 63.9 cm³/mol. The Bertz CT molecular complexity index is 483. The highest BCUT2D eigenvalue weighted by atomic mass is 19.1. The van der Waals surface area contributed by atoms with E-state index in [0.29, 0.717) is 12.3 Å². The molecule has 1 aromatic rings. The summed E-state index contributed by atoms with van der Waals surface area (Å²) in [5.74, 6) is -1.65. The van der Waals surface area contributed by atoms with E-state index in [2.05, 4.69) is 5.32 Å². The third-order valence-electron chi connectivity index (χ3n) is 3.19. The molecule has 0 aliphatic heterocycles. The molecule has 5 heteroatoms. The van der Waals surface area contributed by atoms with Crippen molar-refractivity contribution in [2.75, 3.05) is 5.32 Å². The van der Waals surface area contributed by atoms with Crippen molar-refractivity contribution >= 4 is 17.6 Å². The molecule has 1 aliphatic carbocycles. The molecule has 1 aromatic carbocycles. The number of aromatic carboxylic acids is 1. The van der Waals surface area contributed by atoms with Crippen molar-refractivity contribution in [1.82, 2.24) is 0 Å². The van der Waals surface area contributed by atoms with Crippen LogP contribution in [0.15, 0.2) is 18.2 Å². The lowest BCUT2D eigenvalue weighted by atomic mass is 9.83. The standard InChI is InChI=1S/C13H14FNO3/c14-10-5-4-9(13(17)18)7-11(10)15-12(16)6-8-2-1-3-8/h4-5,7-8H,1-3,6H2,(H,15,16)(H,17,18). The number of benzene rings is 1. The predicted octanol–water partition coefficient (Wildman–Crippen LogP) is 2.65. The third kappa shape index (κ3) is 2.85. The number of nitrogens with one attached hydrogen (secondary N) is 1. The van der Waals surface area contributed by atoms with Gasteiger partial charge in [0.2, 0.25) is 5.91 Å². The van der Waals surface area contributed by atoms with Gasteiger partial charge >= 0.3 is 5.97 Å². The second-order valence-electron chi connectivity index (χ2n) is 4.55. The van der Waals surface area contributed by atoms with E-state index < -0.39 is 11.8 Å². The van der Waals surface area contributed by atoms with E-state index in [-0.39, 0.29) is 17.2 Å². The van der Waals surface area contributed by atoms with Crippen LogP contribution in [0.5, 0.6) is 0 Å². The van der Waals surface area contributed by atoms with Crippen LogP contribution in [-0.4, -0.2) is 17.0 Å². The Balaban J connectivity index is 2.04. The summed E-state index contributed by atoms with van der Waals surface area (Å²) in [7, 11) is 0. The zero-order valence-electron chi connectivity index (χ0n) is 9.78. The molecule has 1 amide bonds. The monoisotopic (exact) mass is 251 g/mol. The summed E-state index contributed by atoms with van der Waals surface area (Å²) in [6.45, 7) is 0. The molecular formula is C13H14FNO3. The van der Waals surface area contributed by atoms with Crippen molar-refractivity contribution in [2.24, 2.45) is 5.92 Å². The molecule has 18 heavy (non-hydrogen) atoms.